The Balaban J connectivity index is 3.24. The molecule has 0 aromatic rings. The molecule has 1 amide bonds. The van der Waals surface area contributed by atoms with Crippen molar-refractivity contribution < 1.29 is 13.4 Å². The van der Waals surface area contributed by atoms with E-state index in [9.17, 15) is 8.68 Å². The van der Waals surface area contributed by atoms with E-state index in [0.29, 0.717) is 0 Å². The Kier molecular flexibility index (Phi) is 3.34. The van der Waals surface area contributed by atoms with E-state index in [1.165, 1.54) is 6.92 Å². The van der Waals surface area contributed by atoms with E-state index in [0.717, 1.165) is 0 Å². The van der Waals surface area contributed by atoms with Crippen LogP contribution >= 0.6 is 12.1 Å². The SMILES string of the molecule is CC(OC(N)=O)SF. The highest BCUT2D eigenvalue weighted by Gasteiger charge is 2.03. The van der Waals surface area contributed by atoms with Gasteiger partial charge in [0.1, 0.15) is 0 Å². The fraction of sp³-hybridized carbons (Fsp3) is 0.667. The molecule has 1 atom stereocenters. The number of rotatable bonds is 2. The van der Waals surface area contributed by atoms with Gasteiger partial charge in [-0.15, -0.1) is 0 Å². The Morgan fingerprint density at radius 1 is 2.00 bits per heavy atom. The van der Waals surface area contributed by atoms with Crippen molar-refractivity contribution >= 4 is 18.2 Å². The number of halogens is 1. The average molecular weight is 139 g/mol. The standard InChI is InChI=1S/C3H6FNO2S/c1-2(8-4)7-3(5)6/h2H,1H3,(H2,5,6). The van der Waals surface area contributed by atoms with Gasteiger partial charge in [-0.2, -0.15) is 3.89 Å². The molecule has 0 aliphatic rings. The summed E-state index contributed by atoms with van der Waals surface area (Å²) in [7, 11) is 0. The Labute approximate surface area is 50.7 Å². The van der Waals surface area contributed by atoms with Crippen molar-refractivity contribution in [2.45, 2.75) is 12.4 Å². The second-order valence-electron chi connectivity index (χ2n) is 1.09. The summed E-state index contributed by atoms with van der Waals surface area (Å²) in [6.07, 6.45) is -0.956. The van der Waals surface area contributed by atoms with E-state index in [1.54, 1.807) is 0 Å². The third-order valence-electron chi connectivity index (χ3n) is 0.408. The average Bonchev–Trinajstić information content (AvgIpc) is 1.65. The first-order chi connectivity index (χ1) is 3.66. The number of carbonyl (C=O) groups is 1. The molecule has 8 heavy (non-hydrogen) atoms. The Morgan fingerprint density at radius 3 is 2.62 bits per heavy atom. The third kappa shape index (κ3) is 3.73. The van der Waals surface area contributed by atoms with Crippen LogP contribution in [0.25, 0.3) is 0 Å². The fourth-order valence-corrected chi connectivity index (χ4v) is 0.313. The van der Waals surface area contributed by atoms with E-state index < -0.39 is 11.5 Å². The zero-order valence-electron chi connectivity index (χ0n) is 4.26. The van der Waals surface area contributed by atoms with Gasteiger partial charge < -0.3 is 10.5 Å². The van der Waals surface area contributed by atoms with Crippen LogP contribution in [0.2, 0.25) is 0 Å². The number of nitrogens with two attached hydrogens (primary N) is 1. The Bertz CT molecular complexity index is 89.4. The lowest BCUT2D eigenvalue weighted by atomic mass is 10.8. The molecule has 3 nitrogen and oxygen atoms in total. The second-order valence-corrected chi connectivity index (χ2v) is 1.94. The third-order valence-corrected chi connectivity index (χ3v) is 0.755. The lowest BCUT2D eigenvalue weighted by Gasteiger charge is -2.02. The molecule has 0 spiro atoms. The molecular formula is C3H6FNO2S. The molecule has 0 saturated heterocycles. The largest absolute Gasteiger partial charge is 0.433 e. The van der Waals surface area contributed by atoms with Gasteiger partial charge in [-0.05, 0) is 6.92 Å². The van der Waals surface area contributed by atoms with Crippen LogP contribution < -0.4 is 5.73 Å². The van der Waals surface area contributed by atoms with Gasteiger partial charge in [0.05, 0.1) is 12.1 Å². The molecule has 48 valence electrons. The van der Waals surface area contributed by atoms with E-state index in [-0.39, 0.29) is 12.1 Å². The number of primary amides is 1. The van der Waals surface area contributed by atoms with Gasteiger partial charge in [-0.25, -0.2) is 4.79 Å². The molecule has 0 saturated carbocycles. The second kappa shape index (κ2) is 3.54. The minimum absolute atomic E-state index is 0.0700. The molecule has 0 aliphatic heterocycles. The van der Waals surface area contributed by atoms with Crippen molar-refractivity contribution in [3.8, 4) is 0 Å². The Hall–Kier alpha value is -0.450. The van der Waals surface area contributed by atoms with Gasteiger partial charge in [-0.1, -0.05) is 0 Å². The first-order valence-electron chi connectivity index (χ1n) is 1.90. The number of carbonyl (C=O) groups excluding carboxylic acids is 1. The molecule has 0 bridgehead atoms. The highest BCUT2D eigenvalue weighted by molar-refractivity contribution is 7.94. The maximum atomic E-state index is 11.3. The lowest BCUT2D eigenvalue weighted by molar-refractivity contribution is 0.151. The minimum Gasteiger partial charge on any atom is -0.433 e. The predicted molar refractivity (Wildman–Crippen MR) is 28.8 cm³/mol. The highest BCUT2D eigenvalue weighted by Crippen LogP contribution is 2.10. The van der Waals surface area contributed by atoms with Gasteiger partial charge >= 0.3 is 6.09 Å². The molecule has 0 fully saturated rings. The maximum absolute atomic E-state index is 11.3. The molecule has 0 heterocycles. The van der Waals surface area contributed by atoms with Crippen molar-refractivity contribution in [1.82, 2.24) is 0 Å². The molecule has 5 heteroatoms. The summed E-state index contributed by atoms with van der Waals surface area (Å²) in [5.74, 6) is 0. The van der Waals surface area contributed by atoms with Crippen LogP contribution in [-0.2, 0) is 4.74 Å². The van der Waals surface area contributed by atoms with Crippen LogP contribution in [0.5, 0.6) is 0 Å². The van der Waals surface area contributed by atoms with Gasteiger partial charge in [0, 0.05) is 0 Å². The first-order valence-corrected chi connectivity index (χ1v) is 2.68. The fourth-order valence-electron chi connectivity index (χ4n) is 0.182. The number of amides is 1. The zero-order chi connectivity index (χ0) is 6.57. The van der Waals surface area contributed by atoms with Crippen molar-refractivity contribution in [3.63, 3.8) is 0 Å². The predicted octanol–water partition coefficient (Wildman–Crippen LogP) is 1.05. The molecule has 2 N–H and O–H groups in total. The lowest BCUT2D eigenvalue weighted by Crippen LogP contribution is -2.17. The van der Waals surface area contributed by atoms with Crippen LogP contribution in [-0.4, -0.2) is 11.5 Å². The molecule has 0 aromatic carbocycles. The molecule has 0 radical (unpaired) electrons. The first kappa shape index (κ1) is 7.55. The molecule has 0 aromatic heterocycles. The monoisotopic (exact) mass is 139 g/mol. The maximum Gasteiger partial charge on any atom is 0.405 e. The van der Waals surface area contributed by atoms with E-state index in [4.69, 9.17) is 0 Å². The topological polar surface area (TPSA) is 52.3 Å². The van der Waals surface area contributed by atoms with Crippen LogP contribution in [0.15, 0.2) is 0 Å². The number of hydrogen-bond acceptors (Lipinski definition) is 3. The minimum atomic E-state index is -0.956. The molecular weight excluding hydrogens is 133 g/mol. The van der Waals surface area contributed by atoms with E-state index in [2.05, 4.69) is 10.5 Å². The smallest absolute Gasteiger partial charge is 0.405 e. The summed E-state index contributed by atoms with van der Waals surface area (Å²) in [6, 6.07) is 0. The van der Waals surface area contributed by atoms with Gasteiger partial charge in [0.25, 0.3) is 0 Å². The summed E-state index contributed by atoms with van der Waals surface area (Å²) in [5, 5.41) is 0. The van der Waals surface area contributed by atoms with Crippen molar-refractivity contribution in [2.24, 2.45) is 5.73 Å². The summed E-state index contributed by atoms with van der Waals surface area (Å²) in [5.41, 5.74) is 3.73. The normalized spacial score (nSPS) is 12.8. The quantitative estimate of drug-likeness (QED) is 0.581. The number of ether oxygens (including phenoxy) is 1. The van der Waals surface area contributed by atoms with Gasteiger partial charge in [-0.3, -0.25) is 0 Å². The van der Waals surface area contributed by atoms with Crippen LogP contribution in [0.3, 0.4) is 0 Å². The summed E-state index contributed by atoms with van der Waals surface area (Å²) in [4.78, 5) is 9.79. The Morgan fingerprint density at radius 2 is 2.50 bits per heavy atom. The summed E-state index contributed by atoms with van der Waals surface area (Å²) in [6.45, 7) is 1.38. The summed E-state index contributed by atoms with van der Waals surface area (Å²) >= 11 is -0.0700. The van der Waals surface area contributed by atoms with Gasteiger partial charge in [0.2, 0.25) is 0 Å². The van der Waals surface area contributed by atoms with E-state index in [1.807, 2.05) is 0 Å². The van der Waals surface area contributed by atoms with E-state index >= 15 is 0 Å². The number of hydrogen-bond donors (Lipinski definition) is 1. The van der Waals surface area contributed by atoms with Crippen LogP contribution in [0.4, 0.5) is 8.68 Å². The van der Waals surface area contributed by atoms with Crippen LogP contribution in [0.1, 0.15) is 6.92 Å². The molecule has 1 unspecified atom stereocenters. The van der Waals surface area contributed by atoms with Crippen molar-refractivity contribution in [2.75, 3.05) is 0 Å². The molecule has 0 aliphatic carbocycles. The molecule has 0 rings (SSSR count). The van der Waals surface area contributed by atoms with Crippen molar-refractivity contribution in [3.05, 3.63) is 0 Å². The van der Waals surface area contributed by atoms with Crippen LogP contribution in [0, 0.1) is 0 Å². The highest BCUT2D eigenvalue weighted by atomic mass is 32.2. The summed E-state index contributed by atoms with van der Waals surface area (Å²) < 4.78 is 15.5. The zero-order valence-corrected chi connectivity index (χ0v) is 5.07. The van der Waals surface area contributed by atoms with Crippen molar-refractivity contribution in [1.29, 1.82) is 0 Å². The van der Waals surface area contributed by atoms with Gasteiger partial charge in [0.15, 0.2) is 5.44 Å².